The van der Waals surface area contributed by atoms with E-state index < -0.39 is 15.1 Å². The Morgan fingerprint density at radius 3 is 2.44 bits per heavy atom. The molecule has 5 nitrogen and oxygen atoms in total. The number of amides is 1. The molecule has 0 aliphatic carbocycles. The van der Waals surface area contributed by atoms with Crippen molar-refractivity contribution in [2.24, 2.45) is 5.92 Å². The molecule has 0 saturated carbocycles. The van der Waals surface area contributed by atoms with Gasteiger partial charge < -0.3 is 5.32 Å². The zero-order valence-electron chi connectivity index (χ0n) is 14.1. The Hall–Kier alpha value is -1.92. The van der Waals surface area contributed by atoms with Crippen molar-refractivity contribution in [3.63, 3.8) is 0 Å². The van der Waals surface area contributed by atoms with Gasteiger partial charge in [0.1, 0.15) is 5.25 Å². The molecule has 0 bridgehead atoms. The molecular weight excluding hydrogens is 360 g/mol. The molecule has 1 amide bonds. The van der Waals surface area contributed by atoms with Crippen molar-refractivity contribution in [3.05, 3.63) is 59.4 Å². The molecule has 0 aliphatic rings. The monoisotopic (exact) mass is 380 g/mol. The number of rotatable bonds is 7. The molecule has 0 aliphatic heterocycles. The van der Waals surface area contributed by atoms with E-state index >= 15 is 0 Å². The van der Waals surface area contributed by atoms with Gasteiger partial charge in [0, 0.05) is 30.4 Å². The summed E-state index contributed by atoms with van der Waals surface area (Å²) in [5.41, 5.74) is 0.530. The first-order chi connectivity index (χ1) is 11.8. The molecule has 1 N–H and O–H groups in total. The molecule has 7 heteroatoms. The molecule has 2 rings (SSSR count). The minimum absolute atomic E-state index is 0.0117. The van der Waals surface area contributed by atoms with Gasteiger partial charge in [-0.15, -0.1) is 0 Å². The van der Waals surface area contributed by atoms with Crippen LogP contribution in [0.15, 0.2) is 53.7 Å². The lowest BCUT2D eigenvalue weighted by Gasteiger charge is -2.19. The number of carbonyl (C=O) groups is 1. The molecule has 1 atom stereocenters. The number of hydrogen-bond acceptors (Lipinski definition) is 4. The predicted octanol–water partition coefficient (Wildman–Crippen LogP) is 3.41. The third-order valence-electron chi connectivity index (χ3n) is 3.65. The number of nitrogens with zero attached hydrogens (tertiary/aromatic N) is 1. The van der Waals surface area contributed by atoms with Crippen molar-refractivity contribution < 1.29 is 13.2 Å². The molecule has 0 spiro atoms. The summed E-state index contributed by atoms with van der Waals surface area (Å²) < 4.78 is 26.1. The number of nitrogens with one attached hydrogen (secondary N) is 1. The Kier molecular flexibility index (Phi) is 6.56. The molecule has 1 heterocycles. The quantitative estimate of drug-likeness (QED) is 0.798. The van der Waals surface area contributed by atoms with E-state index in [1.807, 2.05) is 13.8 Å². The Bertz CT molecular complexity index is 806. The molecule has 0 fully saturated rings. The van der Waals surface area contributed by atoms with E-state index in [2.05, 4.69) is 10.3 Å². The normalized spacial score (nSPS) is 12.8. The molecule has 0 saturated heterocycles. The van der Waals surface area contributed by atoms with Crippen LogP contribution in [0.1, 0.15) is 31.1 Å². The summed E-state index contributed by atoms with van der Waals surface area (Å²) >= 11 is 5.85. The van der Waals surface area contributed by atoms with Gasteiger partial charge in [0.2, 0.25) is 5.91 Å². The van der Waals surface area contributed by atoms with Gasteiger partial charge in [-0.05, 0) is 41.8 Å². The highest BCUT2D eigenvalue weighted by atomic mass is 35.5. The van der Waals surface area contributed by atoms with Crippen LogP contribution in [0.5, 0.6) is 0 Å². The number of carbonyl (C=O) groups excluding carboxylic acids is 1. The predicted molar refractivity (Wildman–Crippen MR) is 98.1 cm³/mol. The third kappa shape index (κ3) is 5.28. The number of hydrogen-bond donors (Lipinski definition) is 1. The lowest BCUT2D eigenvalue weighted by molar-refractivity contribution is -0.121. The first kappa shape index (κ1) is 19.4. The van der Waals surface area contributed by atoms with E-state index in [0.29, 0.717) is 17.0 Å². The highest BCUT2D eigenvalue weighted by Gasteiger charge is 2.29. The van der Waals surface area contributed by atoms with E-state index in [1.54, 1.807) is 18.3 Å². The highest BCUT2D eigenvalue weighted by molar-refractivity contribution is 7.91. The number of aromatic nitrogens is 1. The van der Waals surface area contributed by atoms with Crippen molar-refractivity contribution in [1.82, 2.24) is 10.3 Å². The van der Waals surface area contributed by atoms with E-state index in [4.69, 9.17) is 11.6 Å². The average molecular weight is 381 g/mol. The van der Waals surface area contributed by atoms with Gasteiger partial charge in [-0.1, -0.05) is 31.5 Å². The summed E-state index contributed by atoms with van der Waals surface area (Å²) in [4.78, 5) is 16.1. The SMILES string of the molecule is CC(C)CC(=O)NC[C@@H](c1cccnc1)S(=O)(=O)c1ccc(Cl)cc1. The van der Waals surface area contributed by atoms with Crippen molar-refractivity contribution in [2.45, 2.75) is 30.4 Å². The second-order valence-corrected chi connectivity index (χ2v) is 8.74. The van der Waals surface area contributed by atoms with Crippen LogP contribution in [0.3, 0.4) is 0 Å². The van der Waals surface area contributed by atoms with Gasteiger partial charge in [0.05, 0.1) is 4.90 Å². The first-order valence-corrected chi connectivity index (χ1v) is 9.89. The zero-order valence-corrected chi connectivity index (χ0v) is 15.7. The van der Waals surface area contributed by atoms with Crippen LogP contribution in [0, 0.1) is 5.92 Å². The number of benzene rings is 1. The van der Waals surface area contributed by atoms with Gasteiger partial charge in [-0.3, -0.25) is 9.78 Å². The van der Waals surface area contributed by atoms with E-state index in [1.165, 1.54) is 30.5 Å². The summed E-state index contributed by atoms with van der Waals surface area (Å²) in [7, 11) is -3.71. The van der Waals surface area contributed by atoms with Gasteiger partial charge in [0.25, 0.3) is 0 Å². The second kappa shape index (κ2) is 8.45. The van der Waals surface area contributed by atoms with Crippen molar-refractivity contribution in [2.75, 3.05) is 6.54 Å². The lowest BCUT2D eigenvalue weighted by Crippen LogP contribution is -2.32. The fourth-order valence-corrected chi connectivity index (χ4v) is 4.18. The van der Waals surface area contributed by atoms with Crippen molar-refractivity contribution in [1.29, 1.82) is 0 Å². The maximum absolute atomic E-state index is 13.1. The third-order valence-corrected chi connectivity index (χ3v) is 6.02. The van der Waals surface area contributed by atoms with Crippen LogP contribution in [-0.2, 0) is 14.6 Å². The summed E-state index contributed by atoms with van der Waals surface area (Å²) in [5.74, 6) is 0.0277. The minimum atomic E-state index is -3.71. The van der Waals surface area contributed by atoms with Crippen LogP contribution in [-0.4, -0.2) is 25.9 Å². The largest absolute Gasteiger partial charge is 0.354 e. The van der Waals surface area contributed by atoms with E-state index in [9.17, 15) is 13.2 Å². The average Bonchev–Trinajstić information content (AvgIpc) is 2.55. The fourth-order valence-electron chi connectivity index (χ4n) is 2.41. The number of sulfone groups is 1. The van der Waals surface area contributed by atoms with Crippen LogP contribution in [0.25, 0.3) is 0 Å². The summed E-state index contributed by atoms with van der Waals surface area (Å²) in [6.07, 6.45) is 3.43. The summed E-state index contributed by atoms with van der Waals surface area (Å²) in [5, 5.41) is 2.27. The Balaban J connectivity index is 2.31. The van der Waals surface area contributed by atoms with E-state index in [-0.39, 0.29) is 23.3 Å². The van der Waals surface area contributed by atoms with Crippen molar-refractivity contribution >= 4 is 27.3 Å². The van der Waals surface area contributed by atoms with Crippen molar-refractivity contribution in [3.8, 4) is 0 Å². The Labute approximate surface area is 153 Å². The van der Waals surface area contributed by atoms with Crippen LogP contribution in [0.4, 0.5) is 0 Å². The molecule has 25 heavy (non-hydrogen) atoms. The van der Waals surface area contributed by atoms with E-state index in [0.717, 1.165) is 0 Å². The second-order valence-electron chi connectivity index (χ2n) is 6.18. The standard InChI is InChI=1S/C18H21ClN2O3S/c1-13(2)10-18(22)21-12-17(14-4-3-9-20-11-14)25(23,24)16-7-5-15(19)6-8-16/h3-9,11,13,17H,10,12H2,1-2H3,(H,21,22)/t17-/m0/s1. The lowest BCUT2D eigenvalue weighted by atomic mass is 10.1. The number of pyridine rings is 1. The van der Waals surface area contributed by atoms with Crippen LogP contribution < -0.4 is 5.32 Å². The van der Waals surface area contributed by atoms with Gasteiger partial charge in [-0.2, -0.15) is 0 Å². The first-order valence-electron chi connectivity index (χ1n) is 7.97. The molecular formula is C18H21ClN2O3S. The summed E-state index contributed by atoms with van der Waals surface area (Å²) in [6.45, 7) is 3.85. The Morgan fingerprint density at radius 2 is 1.88 bits per heavy atom. The maximum Gasteiger partial charge on any atom is 0.220 e. The van der Waals surface area contributed by atoms with Gasteiger partial charge >= 0.3 is 0 Å². The zero-order chi connectivity index (χ0) is 18.4. The smallest absolute Gasteiger partial charge is 0.220 e. The molecule has 0 radical (unpaired) electrons. The summed E-state index contributed by atoms with van der Waals surface area (Å²) in [6, 6.07) is 9.38. The highest BCUT2D eigenvalue weighted by Crippen LogP contribution is 2.29. The molecule has 2 aromatic rings. The van der Waals surface area contributed by atoms with Gasteiger partial charge in [-0.25, -0.2) is 8.42 Å². The Morgan fingerprint density at radius 1 is 1.20 bits per heavy atom. The molecule has 0 unspecified atom stereocenters. The number of halogens is 1. The molecule has 1 aromatic heterocycles. The fraction of sp³-hybridized carbons (Fsp3) is 0.333. The maximum atomic E-state index is 13.1. The van der Waals surface area contributed by atoms with Crippen LogP contribution in [0.2, 0.25) is 5.02 Å². The van der Waals surface area contributed by atoms with Crippen LogP contribution >= 0.6 is 11.6 Å². The molecule has 134 valence electrons. The minimum Gasteiger partial charge on any atom is -0.354 e. The van der Waals surface area contributed by atoms with Gasteiger partial charge in [0.15, 0.2) is 9.84 Å². The molecule has 1 aromatic carbocycles. The topological polar surface area (TPSA) is 76.1 Å².